The molecule has 6 heteroatoms. The van der Waals surface area contributed by atoms with E-state index in [1.807, 2.05) is 23.2 Å². The van der Waals surface area contributed by atoms with Crippen LogP contribution in [0.15, 0.2) is 65.8 Å². The van der Waals surface area contributed by atoms with E-state index in [0.717, 1.165) is 60.7 Å². The molecule has 1 aliphatic heterocycles. The standard InChI is InChI=1S/C31H39N5O/c1-6-23-16-20-27(31(32)26(23)7-2)28-21-24(34-36(28)29-11-10-12-30(33-29)37-5)17-13-22-14-18-25(19-15-22)35(8-3)9-4/h10-20,28H,6-9,21,32H2,1-5H3. The monoisotopic (exact) mass is 497 g/mol. The minimum absolute atomic E-state index is 0.0412. The van der Waals surface area contributed by atoms with Crippen LogP contribution < -0.4 is 20.4 Å². The number of benzene rings is 2. The third-order valence-electron chi connectivity index (χ3n) is 7.16. The van der Waals surface area contributed by atoms with Crippen molar-refractivity contribution >= 4 is 29.0 Å². The van der Waals surface area contributed by atoms with Crippen LogP contribution >= 0.6 is 0 Å². The summed E-state index contributed by atoms with van der Waals surface area (Å²) in [4.78, 5) is 7.02. The molecule has 2 heterocycles. The van der Waals surface area contributed by atoms with Gasteiger partial charge in [-0.25, -0.2) is 5.01 Å². The third-order valence-corrected chi connectivity index (χ3v) is 7.16. The second-order valence-corrected chi connectivity index (χ2v) is 9.20. The predicted molar refractivity (Wildman–Crippen MR) is 157 cm³/mol. The zero-order valence-electron chi connectivity index (χ0n) is 22.7. The van der Waals surface area contributed by atoms with Crippen LogP contribution in [0.5, 0.6) is 5.88 Å². The Morgan fingerprint density at radius 2 is 1.73 bits per heavy atom. The minimum atomic E-state index is -0.0412. The number of hydrazone groups is 1. The molecule has 6 nitrogen and oxygen atoms in total. The van der Waals surface area contributed by atoms with Crippen molar-refractivity contribution in [2.24, 2.45) is 5.10 Å². The van der Waals surface area contributed by atoms with E-state index < -0.39 is 0 Å². The maximum Gasteiger partial charge on any atom is 0.214 e. The topological polar surface area (TPSA) is 67.0 Å². The van der Waals surface area contributed by atoms with Crippen LogP contribution in [0.25, 0.3) is 6.08 Å². The number of hydrogen-bond donors (Lipinski definition) is 1. The normalized spacial score (nSPS) is 15.3. The van der Waals surface area contributed by atoms with Gasteiger partial charge in [-0.2, -0.15) is 10.1 Å². The molecule has 1 aliphatic rings. The largest absolute Gasteiger partial charge is 0.481 e. The van der Waals surface area contributed by atoms with Gasteiger partial charge in [0.1, 0.15) is 0 Å². The van der Waals surface area contributed by atoms with E-state index in [-0.39, 0.29) is 6.04 Å². The van der Waals surface area contributed by atoms with Crippen molar-refractivity contribution in [3.63, 3.8) is 0 Å². The summed E-state index contributed by atoms with van der Waals surface area (Å²) < 4.78 is 5.39. The van der Waals surface area contributed by atoms with Gasteiger partial charge in [0.2, 0.25) is 5.88 Å². The number of nitrogens with two attached hydrogens (primary N) is 1. The van der Waals surface area contributed by atoms with E-state index in [0.29, 0.717) is 5.88 Å². The maximum atomic E-state index is 6.77. The molecule has 0 amide bonds. The van der Waals surface area contributed by atoms with Gasteiger partial charge in [-0.3, -0.25) is 0 Å². The molecule has 2 N–H and O–H groups in total. The van der Waals surface area contributed by atoms with Crippen molar-refractivity contribution in [3.05, 3.63) is 82.9 Å². The quantitative estimate of drug-likeness (QED) is 0.317. The molecule has 0 saturated heterocycles. The number of hydrogen-bond acceptors (Lipinski definition) is 6. The lowest BCUT2D eigenvalue weighted by Gasteiger charge is -2.26. The zero-order chi connectivity index (χ0) is 26.4. The van der Waals surface area contributed by atoms with Crippen LogP contribution in [-0.2, 0) is 12.8 Å². The highest BCUT2D eigenvalue weighted by molar-refractivity contribution is 6.01. The van der Waals surface area contributed by atoms with Crippen molar-refractivity contribution < 1.29 is 4.74 Å². The Kier molecular flexibility index (Phi) is 8.49. The predicted octanol–water partition coefficient (Wildman–Crippen LogP) is 6.66. The summed E-state index contributed by atoms with van der Waals surface area (Å²) in [6, 6.07) is 18.8. The first-order chi connectivity index (χ1) is 18.0. The lowest BCUT2D eigenvalue weighted by Crippen LogP contribution is -2.21. The highest BCUT2D eigenvalue weighted by Crippen LogP contribution is 2.39. The van der Waals surface area contributed by atoms with Gasteiger partial charge in [-0.15, -0.1) is 0 Å². The molecule has 2 aromatic carbocycles. The van der Waals surface area contributed by atoms with Gasteiger partial charge >= 0.3 is 0 Å². The summed E-state index contributed by atoms with van der Waals surface area (Å²) in [5.74, 6) is 1.31. The van der Waals surface area contributed by atoms with Gasteiger partial charge in [-0.1, -0.05) is 50.3 Å². The number of rotatable bonds is 10. The Bertz CT molecular complexity index is 1260. The molecule has 0 aliphatic carbocycles. The smallest absolute Gasteiger partial charge is 0.214 e. The molecular weight excluding hydrogens is 458 g/mol. The van der Waals surface area contributed by atoms with Crippen LogP contribution in [0, 0.1) is 0 Å². The molecule has 194 valence electrons. The van der Waals surface area contributed by atoms with Gasteiger partial charge < -0.3 is 15.4 Å². The number of aromatic nitrogens is 1. The Hall–Kier alpha value is -3.80. The van der Waals surface area contributed by atoms with Gasteiger partial charge in [-0.05, 0) is 67.7 Å². The second kappa shape index (κ2) is 12.0. The lowest BCUT2D eigenvalue weighted by molar-refractivity contribution is 0.397. The summed E-state index contributed by atoms with van der Waals surface area (Å²) in [7, 11) is 1.63. The Balaban J connectivity index is 1.67. The van der Waals surface area contributed by atoms with Gasteiger partial charge in [0.05, 0.1) is 18.9 Å². The zero-order valence-corrected chi connectivity index (χ0v) is 22.7. The van der Waals surface area contributed by atoms with Crippen molar-refractivity contribution in [1.82, 2.24) is 4.98 Å². The first kappa shape index (κ1) is 26.3. The SMILES string of the molecule is CCc1ccc(C2CC(C=Cc3ccc(N(CC)CC)cc3)=NN2c2cccc(OC)n2)c(N)c1CC. The van der Waals surface area contributed by atoms with E-state index >= 15 is 0 Å². The highest BCUT2D eigenvalue weighted by atomic mass is 16.5. The molecule has 0 saturated carbocycles. The molecule has 1 atom stereocenters. The van der Waals surface area contributed by atoms with E-state index in [1.54, 1.807) is 7.11 Å². The number of nitrogen functional groups attached to an aromatic ring is 1. The summed E-state index contributed by atoms with van der Waals surface area (Å²) in [5.41, 5.74) is 14.6. The summed E-state index contributed by atoms with van der Waals surface area (Å²) in [5, 5.41) is 6.99. The Labute approximate surface area is 221 Å². The minimum Gasteiger partial charge on any atom is -0.481 e. The molecule has 3 aromatic rings. The number of methoxy groups -OCH3 is 1. The van der Waals surface area contributed by atoms with Crippen molar-refractivity contribution in [2.75, 3.05) is 35.8 Å². The van der Waals surface area contributed by atoms with E-state index in [1.165, 1.54) is 16.8 Å². The fourth-order valence-electron chi connectivity index (χ4n) is 5.08. The average Bonchev–Trinajstić information content (AvgIpc) is 3.37. The van der Waals surface area contributed by atoms with Gasteiger partial charge in [0.15, 0.2) is 5.82 Å². The van der Waals surface area contributed by atoms with Crippen LogP contribution in [-0.4, -0.2) is 30.9 Å². The van der Waals surface area contributed by atoms with Crippen molar-refractivity contribution in [2.45, 2.75) is 53.0 Å². The fourth-order valence-corrected chi connectivity index (χ4v) is 5.08. The van der Waals surface area contributed by atoms with Crippen LogP contribution in [0.2, 0.25) is 0 Å². The second-order valence-electron chi connectivity index (χ2n) is 9.20. The Morgan fingerprint density at radius 3 is 2.38 bits per heavy atom. The first-order valence-corrected chi connectivity index (χ1v) is 13.3. The summed E-state index contributed by atoms with van der Waals surface area (Å²) >= 11 is 0. The lowest BCUT2D eigenvalue weighted by atomic mass is 9.92. The van der Waals surface area contributed by atoms with Crippen LogP contribution in [0.4, 0.5) is 17.2 Å². The average molecular weight is 498 g/mol. The highest BCUT2D eigenvalue weighted by Gasteiger charge is 2.31. The molecule has 0 radical (unpaired) electrons. The number of nitrogens with zero attached hydrogens (tertiary/aromatic N) is 4. The van der Waals surface area contributed by atoms with Crippen molar-refractivity contribution in [1.29, 1.82) is 0 Å². The molecule has 37 heavy (non-hydrogen) atoms. The van der Waals surface area contributed by atoms with E-state index in [2.05, 4.69) is 86.1 Å². The number of anilines is 3. The molecule has 1 unspecified atom stereocenters. The van der Waals surface area contributed by atoms with Gasteiger partial charge in [0, 0.05) is 42.5 Å². The molecule has 4 rings (SSSR count). The molecule has 0 fully saturated rings. The fraction of sp³-hybridized carbons (Fsp3) is 0.355. The van der Waals surface area contributed by atoms with Crippen molar-refractivity contribution in [3.8, 4) is 5.88 Å². The number of aryl methyl sites for hydroxylation is 1. The van der Waals surface area contributed by atoms with E-state index in [4.69, 9.17) is 15.6 Å². The maximum absolute atomic E-state index is 6.77. The summed E-state index contributed by atoms with van der Waals surface area (Å²) in [6.07, 6.45) is 6.86. The third kappa shape index (κ3) is 5.63. The number of allylic oxidation sites excluding steroid dienone is 1. The molecule has 0 bridgehead atoms. The molecular formula is C31H39N5O. The number of ether oxygens (including phenoxy) is 1. The molecule has 1 aromatic heterocycles. The molecule has 0 spiro atoms. The number of pyridine rings is 1. The van der Waals surface area contributed by atoms with Gasteiger partial charge in [0.25, 0.3) is 0 Å². The first-order valence-electron chi connectivity index (χ1n) is 13.3. The Morgan fingerprint density at radius 1 is 0.973 bits per heavy atom. The van der Waals surface area contributed by atoms with Crippen LogP contribution in [0.3, 0.4) is 0 Å². The van der Waals surface area contributed by atoms with Crippen LogP contribution in [0.1, 0.15) is 62.4 Å². The van der Waals surface area contributed by atoms with E-state index in [9.17, 15) is 0 Å². The summed E-state index contributed by atoms with van der Waals surface area (Å²) in [6.45, 7) is 10.7.